The molecule has 0 bridgehead atoms. The Hall–Kier alpha value is -0.160. The number of hydrogen-bond donors (Lipinski definition) is 1. The third-order valence-electron chi connectivity index (χ3n) is 2.82. The molecule has 0 fully saturated rings. The number of hydrogen-bond acceptors (Lipinski definition) is 2. The fourth-order valence-corrected chi connectivity index (χ4v) is 1.61. The van der Waals surface area contributed by atoms with E-state index in [1.807, 2.05) is 0 Å². The second kappa shape index (κ2) is 7.49. The summed E-state index contributed by atoms with van der Waals surface area (Å²) in [6.07, 6.45) is 0.528. The van der Waals surface area contributed by atoms with Crippen LogP contribution in [0.25, 0.3) is 0 Å². The molecular weight excluding hydrogens is 156 g/mol. The molecule has 4 nitrogen and oxygen atoms in total. The van der Waals surface area contributed by atoms with Crippen molar-refractivity contribution in [3.8, 4) is 0 Å². The van der Waals surface area contributed by atoms with E-state index in [2.05, 4.69) is 33.4 Å². The van der Waals surface area contributed by atoms with Gasteiger partial charge >= 0.3 is 0 Å². The van der Waals surface area contributed by atoms with Gasteiger partial charge in [0.05, 0.1) is 19.6 Å². The number of nitrogens with zero attached hydrogens (tertiary/aromatic N) is 1. The van der Waals surface area contributed by atoms with Crippen LogP contribution in [0.3, 0.4) is 0 Å². The van der Waals surface area contributed by atoms with E-state index in [1.165, 1.54) is 19.6 Å². The van der Waals surface area contributed by atoms with Crippen LogP contribution in [0.5, 0.6) is 0 Å². The summed E-state index contributed by atoms with van der Waals surface area (Å²) < 4.78 is 1.15. The molecule has 1 unspecified atom stereocenters. The molecule has 0 spiro atoms. The van der Waals surface area contributed by atoms with Crippen molar-refractivity contribution in [1.29, 1.82) is 0 Å². The molecule has 0 aromatic carbocycles. The van der Waals surface area contributed by atoms with Gasteiger partial charge < -0.3 is 16.7 Å². The van der Waals surface area contributed by atoms with Crippen LogP contribution in [0.2, 0.25) is 0 Å². The van der Waals surface area contributed by atoms with E-state index in [0.29, 0.717) is 6.17 Å². The zero-order chi connectivity index (χ0) is 8.20. The highest BCUT2D eigenvalue weighted by atomic mass is 16.0. The molecule has 0 saturated carbocycles. The SMILES string of the molecule is CC[N+](CC)(CC)C(C)[NH3+].[OH-].[OH-]. The monoisotopic (exact) mass is 180 g/mol. The Morgan fingerprint density at radius 2 is 1.25 bits per heavy atom. The van der Waals surface area contributed by atoms with Crippen LogP contribution in [-0.4, -0.2) is 41.2 Å². The van der Waals surface area contributed by atoms with E-state index < -0.39 is 0 Å². The topological polar surface area (TPSA) is 87.6 Å². The molecule has 5 N–H and O–H groups in total. The zero-order valence-electron chi connectivity index (χ0n) is 8.75. The van der Waals surface area contributed by atoms with Gasteiger partial charge in [0.2, 0.25) is 6.17 Å². The largest absolute Gasteiger partial charge is 0.870 e. The molecule has 4 heteroatoms. The van der Waals surface area contributed by atoms with Crippen molar-refractivity contribution in [3.05, 3.63) is 0 Å². The minimum atomic E-state index is 0. The van der Waals surface area contributed by atoms with E-state index >= 15 is 0 Å². The summed E-state index contributed by atoms with van der Waals surface area (Å²) in [5.41, 5.74) is 4.10. The van der Waals surface area contributed by atoms with Crippen LogP contribution in [-0.2, 0) is 0 Å². The molecule has 0 saturated heterocycles. The standard InChI is InChI=1S/C8H21N2.2H2O/c1-5-10(6-2,7-3)8(4)9;;/h8H,5-7,9H2,1-4H3;2*1H2/q+1;;/p-1. The first kappa shape index (κ1) is 17.8. The average Bonchev–Trinajstić information content (AvgIpc) is 1.92. The summed E-state index contributed by atoms with van der Waals surface area (Å²) in [6.45, 7) is 12.6. The van der Waals surface area contributed by atoms with E-state index in [9.17, 15) is 0 Å². The Labute approximate surface area is 75.6 Å². The summed E-state index contributed by atoms with van der Waals surface area (Å²) >= 11 is 0. The lowest BCUT2D eigenvalue weighted by atomic mass is 10.3. The molecule has 0 aliphatic heterocycles. The maximum Gasteiger partial charge on any atom is 0.209 e. The molecule has 0 aliphatic carbocycles. The van der Waals surface area contributed by atoms with Gasteiger partial charge in [-0.1, -0.05) is 0 Å². The van der Waals surface area contributed by atoms with Crippen LogP contribution in [0.4, 0.5) is 0 Å². The number of quaternary nitrogens is 2. The molecule has 0 heterocycles. The van der Waals surface area contributed by atoms with Crippen LogP contribution >= 0.6 is 0 Å². The van der Waals surface area contributed by atoms with Crippen molar-refractivity contribution in [1.82, 2.24) is 0 Å². The van der Waals surface area contributed by atoms with Gasteiger partial charge in [-0.15, -0.1) is 0 Å². The first-order valence-corrected chi connectivity index (χ1v) is 4.31. The maximum absolute atomic E-state index is 4.10. The third-order valence-corrected chi connectivity index (χ3v) is 2.82. The zero-order valence-corrected chi connectivity index (χ0v) is 8.75. The molecule has 12 heavy (non-hydrogen) atoms. The second-order valence-electron chi connectivity index (χ2n) is 3.02. The van der Waals surface area contributed by atoms with Crippen molar-refractivity contribution in [3.63, 3.8) is 0 Å². The first-order valence-electron chi connectivity index (χ1n) is 4.31. The van der Waals surface area contributed by atoms with Gasteiger partial charge in [0.25, 0.3) is 0 Å². The second-order valence-corrected chi connectivity index (χ2v) is 3.02. The van der Waals surface area contributed by atoms with Crippen molar-refractivity contribution >= 4 is 0 Å². The molecule has 1 atom stereocenters. The Morgan fingerprint density at radius 1 is 1.00 bits per heavy atom. The lowest BCUT2D eigenvalue weighted by molar-refractivity contribution is -1.01. The van der Waals surface area contributed by atoms with Crippen LogP contribution in [0, 0.1) is 0 Å². The highest BCUT2D eigenvalue weighted by Crippen LogP contribution is 2.06. The normalized spacial score (nSPS) is 12.8. The Balaban J connectivity index is -0.000000405. The average molecular weight is 180 g/mol. The molecule has 0 radical (unpaired) electrons. The Bertz CT molecular complexity index is 84.8. The summed E-state index contributed by atoms with van der Waals surface area (Å²) in [6, 6.07) is 0. The minimum Gasteiger partial charge on any atom is -0.870 e. The summed E-state index contributed by atoms with van der Waals surface area (Å²) in [5.74, 6) is 0. The van der Waals surface area contributed by atoms with Crippen molar-refractivity contribution in [2.24, 2.45) is 0 Å². The molecule has 0 amide bonds. The Kier molecular flexibility index (Phi) is 11.1. The lowest BCUT2D eigenvalue weighted by Crippen LogP contribution is -2.75. The summed E-state index contributed by atoms with van der Waals surface area (Å²) in [7, 11) is 0. The summed E-state index contributed by atoms with van der Waals surface area (Å²) in [5, 5.41) is 0. The van der Waals surface area contributed by atoms with E-state index in [4.69, 9.17) is 0 Å². The van der Waals surface area contributed by atoms with E-state index in [1.54, 1.807) is 0 Å². The molecule has 0 aromatic rings. The van der Waals surface area contributed by atoms with Gasteiger partial charge in [-0.2, -0.15) is 0 Å². The highest BCUT2D eigenvalue weighted by Gasteiger charge is 2.27. The number of rotatable bonds is 4. The van der Waals surface area contributed by atoms with E-state index in [0.717, 1.165) is 4.48 Å². The highest BCUT2D eigenvalue weighted by molar-refractivity contribution is 4.35. The summed E-state index contributed by atoms with van der Waals surface area (Å²) in [4.78, 5) is 0. The van der Waals surface area contributed by atoms with Gasteiger partial charge in [-0.05, 0) is 20.8 Å². The van der Waals surface area contributed by atoms with E-state index in [-0.39, 0.29) is 11.0 Å². The molecule has 78 valence electrons. The first-order chi connectivity index (χ1) is 4.63. The molecular formula is C8H24N2O2. The fraction of sp³-hybridized carbons (Fsp3) is 1.00. The van der Waals surface area contributed by atoms with Crippen LogP contribution in [0.1, 0.15) is 27.7 Å². The van der Waals surface area contributed by atoms with Crippen LogP contribution in [0.15, 0.2) is 0 Å². The molecule has 0 rings (SSSR count). The minimum absolute atomic E-state index is 0. The van der Waals surface area contributed by atoms with Crippen LogP contribution < -0.4 is 5.73 Å². The van der Waals surface area contributed by atoms with Gasteiger partial charge in [0.15, 0.2) is 0 Å². The van der Waals surface area contributed by atoms with Crippen molar-refractivity contribution in [2.45, 2.75) is 33.9 Å². The van der Waals surface area contributed by atoms with Gasteiger partial charge in [-0.3, -0.25) is 4.48 Å². The third kappa shape index (κ3) is 3.49. The quantitative estimate of drug-likeness (QED) is 0.491. The van der Waals surface area contributed by atoms with Gasteiger partial charge in [0.1, 0.15) is 0 Å². The van der Waals surface area contributed by atoms with Gasteiger partial charge in [-0.25, -0.2) is 0 Å². The van der Waals surface area contributed by atoms with Crippen molar-refractivity contribution in [2.75, 3.05) is 19.6 Å². The van der Waals surface area contributed by atoms with Crippen molar-refractivity contribution < 1.29 is 21.2 Å². The predicted octanol–water partition coefficient (Wildman–Crippen LogP) is 0.0972. The smallest absolute Gasteiger partial charge is 0.209 e. The maximum atomic E-state index is 4.10. The van der Waals surface area contributed by atoms with Gasteiger partial charge in [0, 0.05) is 6.92 Å². The predicted molar refractivity (Wildman–Crippen MR) is 48.1 cm³/mol. The lowest BCUT2D eigenvalue weighted by Gasteiger charge is -2.36. The Morgan fingerprint density at radius 3 is 1.25 bits per heavy atom. The molecule has 0 aromatic heterocycles. The fourth-order valence-electron chi connectivity index (χ4n) is 1.61. The molecule has 0 aliphatic rings.